The Morgan fingerprint density at radius 3 is 2.13 bits per heavy atom. The first kappa shape index (κ1) is 43.7. The summed E-state index contributed by atoms with van der Waals surface area (Å²) in [6, 6.07) is 32.0. The van der Waals surface area contributed by atoms with Crippen LogP contribution < -0.4 is 25.2 Å². The molecule has 7 rings (SSSR count). The summed E-state index contributed by atoms with van der Waals surface area (Å²) in [4.78, 5) is 31.4. The smallest absolute Gasteiger partial charge is 0.407 e. The van der Waals surface area contributed by atoms with Gasteiger partial charge < -0.3 is 30.0 Å². The molecule has 1 heterocycles. The van der Waals surface area contributed by atoms with E-state index < -0.39 is 28.1 Å². The van der Waals surface area contributed by atoms with E-state index in [4.69, 9.17) is 24.7 Å². The molecule has 0 saturated carbocycles. The first-order valence-corrected chi connectivity index (χ1v) is 22.4. The lowest BCUT2D eigenvalue weighted by molar-refractivity contribution is -0.147. The lowest BCUT2D eigenvalue weighted by Gasteiger charge is -2.35. The fourth-order valence-corrected chi connectivity index (χ4v) is 9.70. The highest BCUT2D eigenvalue weighted by Crippen LogP contribution is 2.45. The van der Waals surface area contributed by atoms with Crippen LogP contribution in [-0.2, 0) is 43.9 Å². The van der Waals surface area contributed by atoms with Crippen LogP contribution in [0, 0.1) is 20.8 Å². The molecule has 0 saturated heterocycles. The van der Waals surface area contributed by atoms with Gasteiger partial charge in [0.05, 0.1) is 4.90 Å². The Morgan fingerprint density at radius 2 is 1.45 bits per heavy atom. The molecule has 0 bridgehead atoms. The summed E-state index contributed by atoms with van der Waals surface area (Å²) in [5, 5.41) is 2.70. The van der Waals surface area contributed by atoms with Crippen molar-refractivity contribution < 1.29 is 37.0 Å². The number of alkyl carbamates (subject to hydrolysis) is 1. The SMILES string of the molecule is Cc1c(C)c(S(=O)(=O)NC(N)=NCCC[C@H](NC(=O)OCC2c3ccccc3-c3ccccc32)C(=O)OCc2ccc(OCc3ccccc3)cc2)c(C)c2c1OC(C)(C)CC2. The third kappa shape index (κ3) is 10.1. The molecule has 1 aliphatic carbocycles. The average molecular weight is 859 g/mol. The zero-order valence-corrected chi connectivity index (χ0v) is 36.6. The molecule has 13 heteroatoms. The van der Waals surface area contributed by atoms with Crippen molar-refractivity contribution in [2.24, 2.45) is 10.7 Å². The number of aliphatic imine (C=N–C) groups is 1. The van der Waals surface area contributed by atoms with E-state index in [9.17, 15) is 18.0 Å². The maximum absolute atomic E-state index is 13.8. The van der Waals surface area contributed by atoms with Crippen LogP contribution in [0.2, 0.25) is 0 Å². The monoisotopic (exact) mass is 858 g/mol. The number of ether oxygens (including phenoxy) is 4. The van der Waals surface area contributed by atoms with E-state index in [0.717, 1.165) is 56.7 Å². The van der Waals surface area contributed by atoms with Gasteiger partial charge in [-0.3, -0.25) is 4.99 Å². The molecule has 4 N–H and O–H groups in total. The molecular formula is C49H54N4O8S. The van der Waals surface area contributed by atoms with E-state index in [1.54, 1.807) is 26.0 Å². The highest BCUT2D eigenvalue weighted by atomic mass is 32.2. The van der Waals surface area contributed by atoms with Crippen LogP contribution in [0.5, 0.6) is 11.5 Å². The molecule has 324 valence electrons. The van der Waals surface area contributed by atoms with Gasteiger partial charge in [0, 0.05) is 12.5 Å². The van der Waals surface area contributed by atoms with Crippen molar-refractivity contribution in [3.8, 4) is 22.6 Å². The van der Waals surface area contributed by atoms with Gasteiger partial charge >= 0.3 is 12.1 Å². The summed E-state index contributed by atoms with van der Waals surface area (Å²) >= 11 is 0. The zero-order valence-electron chi connectivity index (χ0n) is 35.8. The lowest BCUT2D eigenvalue weighted by atomic mass is 9.88. The molecule has 5 aromatic carbocycles. The minimum absolute atomic E-state index is 0.0432. The third-order valence-electron chi connectivity index (χ3n) is 11.6. The van der Waals surface area contributed by atoms with Crippen molar-refractivity contribution >= 4 is 28.0 Å². The summed E-state index contributed by atoms with van der Waals surface area (Å²) < 4.78 is 53.6. The van der Waals surface area contributed by atoms with Gasteiger partial charge in [-0.15, -0.1) is 0 Å². The molecule has 1 atom stereocenters. The molecule has 12 nitrogen and oxygen atoms in total. The molecule has 0 aromatic heterocycles. The maximum atomic E-state index is 13.8. The van der Waals surface area contributed by atoms with Crippen LogP contribution in [0.4, 0.5) is 4.79 Å². The van der Waals surface area contributed by atoms with Crippen molar-refractivity contribution in [2.75, 3.05) is 13.2 Å². The minimum atomic E-state index is -4.11. The Hall–Kier alpha value is -6.34. The lowest BCUT2D eigenvalue weighted by Crippen LogP contribution is -2.42. The topological polar surface area (TPSA) is 168 Å². The predicted octanol–water partition coefficient (Wildman–Crippen LogP) is 8.32. The van der Waals surface area contributed by atoms with Crippen LogP contribution in [0.15, 0.2) is 113 Å². The highest BCUT2D eigenvalue weighted by molar-refractivity contribution is 7.90. The largest absolute Gasteiger partial charge is 0.489 e. The van der Waals surface area contributed by atoms with Crippen LogP contribution in [-0.4, -0.2) is 51.2 Å². The number of rotatable bonds is 15. The van der Waals surface area contributed by atoms with Gasteiger partial charge in [-0.2, -0.15) is 0 Å². The van der Waals surface area contributed by atoms with E-state index in [1.807, 2.05) is 99.6 Å². The molecule has 2 aliphatic rings. The Morgan fingerprint density at radius 1 is 0.823 bits per heavy atom. The molecule has 5 aromatic rings. The Balaban J connectivity index is 0.990. The molecule has 62 heavy (non-hydrogen) atoms. The number of carbonyl (C=O) groups is 2. The molecule has 0 unspecified atom stereocenters. The molecule has 0 spiro atoms. The number of esters is 1. The quantitative estimate of drug-likeness (QED) is 0.0406. The summed E-state index contributed by atoms with van der Waals surface area (Å²) in [6.45, 7) is 9.95. The molecule has 1 aliphatic heterocycles. The van der Waals surface area contributed by atoms with Gasteiger partial charge in [0.25, 0.3) is 10.0 Å². The van der Waals surface area contributed by atoms with Gasteiger partial charge in [-0.1, -0.05) is 91.0 Å². The van der Waals surface area contributed by atoms with Crippen molar-refractivity contribution in [3.63, 3.8) is 0 Å². The third-order valence-corrected chi connectivity index (χ3v) is 13.2. The van der Waals surface area contributed by atoms with Crippen molar-refractivity contribution in [3.05, 3.63) is 148 Å². The Bertz CT molecular complexity index is 2530. The summed E-state index contributed by atoms with van der Waals surface area (Å²) in [5.41, 5.74) is 14.7. The van der Waals surface area contributed by atoms with Crippen molar-refractivity contribution in [2.45, 2.75) is 96.0 Å². The second-order valence-corrected chi connectivity index (χ2v) is 18.1. The van der Waals surface area contributed by atoms with Crippen LogP contribution in [0.3, 0.4) is 0 Å². The number of amides is 1. The number of nitrogens with one attached hydrogen (secondary N) is 2. The van der Waals surface area contributed by atoms with Crippen molar-refractivity contribution in [1.82, 2.24) is 10.0 Å². The molecule has 1 amide bonds. The highest BCUT2D eigenvalue weighted by Gasteiger charge is 2.34. The Kier molecular flexibility index (Phi) is 13.2. The molecular weight excluding hydrogens is 805 g/mol. The number of sulfonamides is 1. The fourth-order valence-electron chi connectivity index (χ4n) is 8.18. The average Bonchev–Trinajstić information content (AvgIpc) is 3.57. The standard InChI is InChI=1S/C49H54N4O8S/c1-31-32(2)45(33(3)37-25-26-49(4,5)61-44(31)37)62(56,57)53-47(50)51-27-13-20-43(46(54)59-29-35-21-23-36(24-22-35)58-28-34-14-7-6-8-15-34)52-48(55)60-30-42-40-18-11-9-16-38(40)39-17-10-12-19-41(39)42/h6-12,14-19,21-24,42-43H,13,20,25-30H2,1-5H3,(H,52,55)(H3,50,51,53)/t43-/m0/s1. The van der Waals surface area contributed by atoms with Gasteiger partial charge in [0.1, 0.15) is 43.0 Å². The first-order valence-electron chi connectivity index (χ1n) is 20.9. The zero-order chi connectivity index (χ0) is 44.0. The van der Waals surface area contributed by atoms with Gasteiger partial charge in [-0.25, -0.2) is 22.7 Å². The minimum Gasteiger partial charge on any atom is -0.489 e. The number of hydrogen-bond donors (Lipinski definition) is 3. The number of benzene rings is 5. The molecule has 0 fully saturated rings. The van der Waals surface area contributed by atoms with E-state index in [1.165, 1.54) is 0 Å². The number of nitrogens with zero attached hydrogens (tertiary/aromatic N) is 1. The predicted molar refractivity (Wildman–Crippen MR) is 239 cm³/mol. The van der Waals surface area contributed by atoms with Crippen LogP contribution in [0.25, 0.3) is 11.1 Å². The van der Waals surface area contributed by atoms with Gasteiger partial charge in [0.2, 0.25) is 5.96 Å². The van der Waals surface area contributed by atoms with E-state index in [0.29, 0.717) is 29.9 Å². The summed E-state index contributed by atoms with van der Waals surface area (Å²) in [5.74, 6) is 0.275. The Labute approximate surface area is 363 Å². The number of fused-ring (bicyclic) bond motifs is 4. The second kappa shape index (κ2) is 18.7. The van der Waals surface area contributed by atoms with Crippen molar-refractivity contribution in [1.29, 1.82) is 0 Å². The number of nitrogens with two attached hydrogens (primary N) is 1. The number of carbonyl (C=O) groups excluding carboxylic acids is 2. The van der Waals surface area contributed by atoms with Gasteiger partial charge in [0.15, 0.2) is 0 Å². The summed E-state index contributed by atoms with van der Waals surface area (Å²) in [7, 11) is -4.11. The van der Waals surface area contributed by atoms with E-state index in [-0.39, 0.29) is 55.0 Å². The van der Waals surface area contributed by atoms with Gasteiger partial charge in [-0.05, 0) is 128 Å². The number of guanidine groups is 1. The van der Waals surface area contributed by atoms with Crippen LogP contribution >= 0.6 is 0 Å². The van der Waals surface area contributed by atoms with E-state index in [2.05, 4.69) is 27.2 Å². The van der Waals surface area contributed by atoms with Crippen LogP contribution in [0.1, 0.15) is 83.5 Å². The molecule has 0 radical (unpaired) electrons. The second-order valence-electron chi connectivity index (χ2n) is 16.4. The number of hydrogen-bond acceptors (Lipinski definition) is 9. The van der Waals surface area contributed by atoms with E-state index >= 15 is 0 Å². The fraction of sp³-hybridized carbons (Fsp3) is 0.327. The normalized spacial score (nSPS) is 14.7. The summed E-state index contributed by atoms with van der Waals surface area (Å²) in [6.07, 6.45) is 1.03. The maximum Gasteiger partial charge on any atom is 0.407 e. The first-order chi connectivity index (χ1) is 29.7.